The van der Waals surface area contributed by atoms with Gasteiger partial charge in [-0.3, -0.25) is 4.79 Å². The van der Waals surface area contributed by atoms with Crippen LogP contribution in [0.25, 0.3) is 0 Å². The topological polar surface area (TPSA) is 49.0 Å². The number of nitrogens with one attached hydrogen (secondary N) is 1. The molecular formula is C15H23N3OS. The van der Waals surface area contributed by atoms with Crippen LogP contribution < -0.4 is 0 Å². The molecular weight excluding hydrogens is 270 g/mol. The molecule has 3 rings (SSSR count). The maximum atomic E-state index is 12.7. The van der Waals surface area contributed by atoms with Gasteiger partial charge in [-0.15, -0.1) is 0 Å². The number of hydrogen-bond acceptors (Lipinski definition) is 3. The Balaban J connectivity index is 1.76. The molecule has 0 aromatic carbocycles. The summed E-state index contributed by atoms with van der Waals surface area (Å²) in [5.74, 6) is 3.77. The molecule has 1 N–H and O–H groups in total. The molecule has 0 bridgehead atoms. The molecule has 0 spiro atoms. The van der Waals surface area contributed by atoms with Gasteiger partial charge in [-0.25, -0.2) is 4.98 Å². The van der Waals surface area contributed by atoms with E-state index in [9.17, 15) is 4.79 Å². The van der Waals surface area contributed by atoms with E-state index in [1.165, 1.54) is 12.2 Å². The number of aryl methyl sites for hydroxylation is 2. The number of aromatic amines is 1. The fraction of sp³-hybridized carbons (Fsp3) is 0.733. The van der Waals surface area contributed by atoms with Crippen molar-refractivity contribution in [3.8, 4) is 0 Å². The molecule has 2 saturated heterocycles. The maximum Gasteiger partial charge on any atom is 0.227 e. The van der Waals surface area contributed by atoms with E-state index in [4.69, 9.17) is 0 Å². The minimum absolute atomic E-state index is 0.168. The summed E-state index contributed by atoms with van der Waals surface area (Å²) in [6, 6.07) is 0.168. The van der Waals surface area contributed by atoms with E-state index in [0.29, 0.717) is 5.91 Å². The van der Waals surface area contributed by atoms with Gasteiger partial charge in [-0.05, 0) is 45.3 Å². The van der Waals surface area contributed by atoms with Crippen molar-refractivity contribution in [3.63, 3.8) is 0 Å². The summed E-state index contributed by atoms with van der Waals surface area (Å²) < 4.78 is 0. The quantitative estimate of drug-likeness (QED) is 0.912. The second-order valence-electron chi connectivity index (χ2n) is 5.94. The first-order valence-corrected chi connectivity index (χ1v) is 8.73. The lowest BCUT2D eigenvalue weighted by Gasteiger charge is -2.29. The molecule has 0 radical (unpaired) electrons. The largest absolute Gasteiger partial charge is 0.344 e. The van der Waals surface area contributed by atoms with Gasteiger partial charge in [-0.1, -0.05) is 0 Å². The van der Waals surface area contributed by atoms with Gasteiger partial charge in [-0.2, -0.15) is 11.8 Å². The van der Waals surface area contributed by atoms with E-state index in [0.717, 1.165) is 48.8 Å². The Morgan fingerprint density at radius 1 is 1.35 bits per heavy atom. The van der Waals surface area contributed by atoms with Crippen LogP contribution >= 0.6 is 11.8 Å². The zero-order valence-electron chi connectivity index (χ0n) is 12.3. The van der Waals surface area contributed by atoms with Gasteiger partial charge in [0.2, 0.25) is 5.91 Å². The predicted molar refractivity (Wildman–Crippen MR) is 81.8 cm³/mol. The number of likely N-dealkylation sites (tertiary alicyclic amines) is 1. The minimum Gasteiger partial charge on any atom is -0.344 e. The van der Waals surface area contributed by atoms with Gasteiger partial charge in [0.1, 0.15) is 5.82 Å². The van der Waals surface area contributed by atoms with Gasteiger partial charge in [0.05, 0.1) is 11.7 Å². The number of carbonyl (C=O) groups is 1. The van der Waals surface area contributed by atoms with Crippen LogP contribution in [-0.4, -0.2) is 38.8 Å². The smallest absolute Gasteiger partial charge is 0.227 e. The highest BCUT2D eigenvalue weighted by atomic mass is 32.2. The van der Waals surface area contributed by atoms with Crippen LogP contribution in [0.3, 0.4) is 0 Å². The highest BCUT2D eigenvalue weighted by Gasteiger charge is 2.35. The fourth-order valence-corrected chi connectivity index (χ4v) is 4.35. The SMILES string of the molecule is Cc1nc(C2CCCN2C(=O)C2CCCSC2)[nH]c1C. The number of imidazole rings is 1. The average Bonchev–Trinajstić information content (AvgIpc) is 3.06. The molecule has 2 unspecified atom stereocenters. The summed E-state index contributed by atoms with van der Waals surface area (Å²) in [5.41, 5.74) is 2.17. The number of hydrogen-bond donors (Lipinski definition) is 1. The van der Waals surface area contributed by atoms with Crippen molar-refractivity contribution < 1.29 is 4.79 Å². The number of aromatic nitrogens is 2. The number of carbonyl (C=O) groups excluding carboxylic acids is 1. The predicted octanol–water partition coefficient (Wildman–Crippen LogP) is 2.83. The van der Waals surface area contributed by atoms with E-state index < -0.39 is 0 Å². The molecule has 2 fully saturated rings. The number of thioether (sulfide) groups is 1. The van der Waals surface area contributed by atoms with Crippen LogP contribution in [0.5, 0.6) is 0 Å². The van der Waals surface area contributed by atoms with Gasteiger partial charge in [0, 0.05) is 23.9 Å². The normalized spacial score (nSPS) is 27.0. The molecule has 3 heterocycles. The van der Waals surface area contributed by atoms with Crippen LogP contribution in [0.15, 0.2) is 0 Å². The first-order valence-electron chi connectivity index (χ1n) is 7.58. The second kappa shape index (κ2) is 5.80. The molecule has 5 heteroatoms. The Bertz CT molecular complexity index is 474. The monoisotopic (exact) mass is 293 g/mol. The molecule has 2 aliphatic rings. The molecule has 4 nitrogen and oxygen atoms in total. The first kappa shape index (κ1) is 14.0. The summed E-state index contributed by atoms with van der Waals surface area (Å²) in [6.45, 7) is 4.96. The van der Waals surface area contributed by atoms with Crippen molar-refractivity contribution in [3.05, 3.63) is 17.2 Å². The molecule has 1 aromatic heterocycles. The Hall–Kier alpha value is -0.970. The Kier molecular flexibility index (Phi) is 4.06. The van der Waals surface area contributed by atoms with Gasteiger partial charge < -0.3 is 9.88 Å². The number of amides is 1. The zero-order chi connectivity index (χ0) is 14.1. The molecule has 2 atom stereocenters. The van der Waals surface area contributed by atoms with E-state index in [-0.39, 0.29) is 12.0 Å². The van der Waals surface area contributed by atoms with Gasteiger partial charge in [0.15, 0.2) is 0 Å². The van der Waals surface area contributed by atoms with Crippen LogP contribution in [0.2, 0.25) is 0 Å². The summed E-state index contributed by atoms with van der Waals surface area (Å²) in [4.78, 5) is 22.8. The fourth-order valence-electron chi connectivity index (χ4n) is 3.22. The summed E-state index contributed by atoms with van der Waals surface area (Å²) in [6.07, 6.45) is 4.37. The third kappa shape index (κ3) is 2.60. The first-order chi connectivity index (χ1) is 9.66. The molecule has 2 aliphatic heterocycles. The number of rotatable bonds is 2. The van der Waals surface area contributed by atoms with Crippen LogP contribution in [0, 0.1) is 19.8 Å². The zero-order valence-corrected chi connectivity index (χ0v) is 13.1. The third-order valence-corrected chi connectivity index (χ3v) is 5.72. The van der Waals surface area contributed by atoms with E-state index in [1.807, 2.05) is 25.6 Å². The van der Waals surface area contributed by atoms with Crippen molar-refractivity contribution in [2.75, 3.05) is 18.1 Å². The molecule has 1 amide bonds. The number of H-pyrrole nitrogens is 1. The number of nitrogens with zero attached hydrogens (tertiary/aromatic N) is 2. The second-order valence-corrected chi connectivity index (χ2v) is 7.09. The summed E-state index contributed by atoms with van der Waals surface area (Å²) in [5, 5.41) is 0. The molecule has 0 aliphatic carbocycles. The molecule has 20 heavy (non-hydrogen) atoms. The van der Waals surface area contributed by atoms with Crippen molar-refractivity contribution in [2.24, 2.45) is 5.92 Å². The van der Waals surface area contributed by atoms with Gasteiger partial charge >= 0.3 is 0 Å². The maximum absolute atomic E-state index is 12.7. The Labute approximate surface area is 124 Å². The van der Waals surface area contributed by atoms with E-state index in [1.54, 1.807) is 0 Å². The molecule has 0 saturated carbocycles. The highest BCUT2D eigenvalue weighted by Crippen LogP contribution is 2.34. The standard InChI is InChI=1S/C15H23N3OS/c1-10-11(2)17-14(16-10)13-6-3-7-18(13)15(19)12-5-4-8-20-9-12/h12-13H,3-9H2,1-2H3,(H,16,17). The lowest BCUT2D eigenvalue weighted by Crippen LogP contribution is -2.38. The summed E-state index contributed by atoms with van der Waals surface area (Å²) >= 11 is 1.92. The lowest BCUT2D eigenvalue weighted by atomic mass is 10.0. The van der Waals surface area contributed by atoms with Crippen LogP contribution in [-0.2, 0) is 4.79 Å². The minimum atomic E-state index is 0.168. The summed E-state index contributed by atoms with van der Waals surface area (Å²) in [7, 11) is 0. The van der Waals surface area contributed by atoms with Crippen LogP contribution in [0.1, 0.15) is 48.9 Å². The highest BCUT2D eigenvalue weighted by molar-refractivity contribution is 7.99. The van der Waals surface area contributed by atoms with E-state index in [2.05, 4.69) is 14.9 Å². The van der Waals surface area contributed by atoms with Crippen molar-refractivity contribution in [1.82, 2.24) is 14.9 Å². The lowest BCUT2D eigenvalue weighted by molar-refractivity contribution is -0.136. The van der Waals surface area contributed by atoms with Crippen molar-refractivity contribution in [2.45, 2.75) is 45.6 Å². The van der Waals surface area contributed by atoms with E-state index >= 15 is 0 Å². The van der Waals surface area contributed by atoms with Gasteiger partial charge in [0.25, 0.3) is 0 Å². The van der Waals surface area contributed by atoms with Crippen molar-refractivity contribution in [1.29, 1.82) is 0 Å². The molecule has 1 aromatic rings. The molecule has 110 valence electrons. The Morgan fingerprint density at radius 2 is 2.20 bits per heavy atom. The van der Waals surface area contributed by atoms with Crippen molar-refractivity contribution >= 4 is 17.7 Å². The Morgan fingerprint density at radius 3 is 2.85 bits per heavy atom. The average molecular weight is 293 g/mol. The third-order valence-electron chi connectivity index (χ3n) is 4.51. The van der Waals surface area contributed by atoms with Crippen LogP contribution in [0.4, 0.5) is 0 Å².